The zero-order chi connectivity index (χ0) is 15.9. The lowest BCUT2D eigenvalue weighted by molar-refractivity contribution is 0.0598. The van der Waals surface area contributed by atoms with E-state index in [9.17, 15) is 14.4 Å². The number of rotatable bonds is 2. The van der Waals surface area contributed by atoms with Crippen molar-refractivity contribution in [1.82, 2.24) is 9.80 Å². The average molecular weight is 288 g/mol. The van der Waals surface area contributed by atoms with Crippen LogP contribution >= 0.6 is 0 Å². The highest BCUT2D eigenvalue weighted by Crippen LogP contribution is 2.24. The molecule has 21 heavy (non-hydrogen) atoms. The molecule has 0 bridgehead atoms. The van der Waals surface area contributed by atoms with Gasteiger partial charge >= 0.3 is 0 Å². The third-order valence-electron chi connectivity index (χ3n) is 3.71. The van der Waals surface area contributed by atoms with Crippen LogP contribution in [0.4, 0.5) is 0 Å². The topological polar surface area (TPSA) is 57.7 Å². The van der Waals surface area contributed by atoms with E-state index in [4.69, 9.17) is 0 Å². The van der Waals surface area contributed by atoms with Crippen LogP contribution in [0.1, 0.15) is 58.8 Å². The van der Waals surface area contributed by atoms with Gasteiger partial charge in [-0.25, -0.2) is 0 Å². The second-order valence-electron chi connectivity index (χ2n) is 6.15. The Hall–Kier alpha value is -2.17. The molecular weight excluding hydrogens is 268 g/mol. The molecule has 5 heteroatoms. The summed E-state index contributed by atoms with van der Waals surface area (Å²) in [4.78, 5) is 39.3. The van der Waals surface area contributed by atoms with Crippen LogP contribution in [-0.2, 0) is 0 Å². The maximum absolute atomic E-state index is 12.6. The molecule has 1 heterocycles. The summed E-state index contributed by atoms with van der Waals surface area (Å²) in [7, 11) is 1.44. The number of benzene rings is 1. The Balaban J connectivity index is 2.43. The summed E-state index contributed by atoms with van der Waals surface area (Å²) in [5.74, 6) is -0.816. The monoisotopic (exact) mass is 288 g/mol. The highest BCUT2D eigenvalue weighted by molar-refractivity contribution is 6.21. The number of fused-ring (bicyclic) bond motifs is 1. The molecule has 0 aliphatic carbocycles. The average Bonchev–Trinajstić information content (AvgIpc) is 2.62. The maximum atomic E-state index is 12.6. The van der Waals surface area contributed by atoms with Crippen LogP contribution in [0.15, 0.2) is 18.2 Å². The quantitative estimate of drug-likeness (QED) is 0.784. The van der Waals surface area contributed by atoms with E-state index in [0.29, 0.717) is 23.2 Å². The maximum Gasteiger partial charge on any atom is 0.261 e. The number of carbonyl (C=O) groups is 3. The lowest BCUT2D eigenvalue weighted by atomic mass is 10.0. The summed E-state index contributed by atoms with van der Waals surface area (Å²) in [5, 5.41) is 0. The molecule has 0 aromatic heterocycles. The van der Waals surface area contributed by atoms with Crippen molar-refractivity contribution in [3.63, 3.8) is 0 Å². The summed E-state index contributed by atoms with van der Waals surface area (Å²) in [6.45, 7) is 8.38. The van der Waals surface area contributed by atoms with E-state index in [1.807, 2.05) is 27.7 Å². The van der Waals surface area contributed by atoms with Crippen molar-refractivity contribution < 1.29 is 14.4 Å². The second-order valence-corrected chi connectivity index (χ2v) is 6.15. The van der Waals surface area contributed by atoms with E-state index >= 15 is 0 Å². The van der Waals surface area contributed by atoms with Gasteiger partial charge in [-0.05, 0) is 45.9 Å². The van der Waals surface area contributed by atoms with Crippen LogP contribution in [0.5, 0.6) is 0 Å². The molecule has 0 radical (unpaired) electrons. The number of amides is 3. The largest absolute Gasteiger partial charge is 0.334 e. The fourth-order valence-electron chi connectivity index (χ4n) is 2.57. The second kappa shape index (κ2) is 4.98. The first-order valence-electron chi connectivity index (χ1n) is 6.97. The van der Waals surface area contributed by atoms with Gasteiger partial charge in [0.05, 0.1) is 11.1 Å². The summed E-state index contributed by atoms with van der Waals surface area (Å²) in [5.41, 5.74) is 0.791. The Kier molecular flexibility index (Phi) is 3.61. The molecule has 0 atom stereocenters. The Morgan fingerprint density at radius 2 is 1.71 bits per heavy atom. The molecule has 1 aromatic carbocycles. The van der Waals surface area contributed by atoms with E-state index < -0.39 is 0 Å². The first-order valence-corrected chi connectivity index (χ1v) is 6.97. The molecule has 0 N–H and O–H groups in total. The molecule has 0 spiro atoms. The van der Waals surface area contributed by atoms with Crippen LogP contribution in [0.25, 0.3) is 0 Å². The van der Waals surface area contributed by atoms with Gasteiger partial charge in [0.25, 0.3) is 17.7 Å². The van der Waals surface area contributed by atoms with Crippen molar-refractivity contribution >= 4 is 17.7 Å². The first kappa shape index (κ1) is 15.2. The molecule has 5 nitrogen and oxygen atoms in total. The van der Waals surface area contributed by atoms with Gasteiger partial charge in [-0.3, -0.25) is 19.3 Å². The zero-order valence-corrected chi connectivity index (χ0v) is 13.1. The van der Waals surface area contributed by atoms with Crippen LogP contribution < -0.4 is 0 Å². The minimum absolute atomic E-state index is 0.136. The van der Waals surface area contributed by atoms with E-state index in [1.54, 1.807) is 17.0 Å². The van der Waals surface area contributed by atoms with Gasteiger partial charge in [0.1, 0.15) is 0 Å². The van der Waals surface area contributed by atoms with Crippen molar-refractivity contribution in [2.45, 2.75) is 33.2 Å². The molecule has 2 rings (SSSR count). The third kappa shape index (κ3) is 2.44. The van der Waals surface area contributed by atoms with Gasteiger partial charge in [-0.1, -0.05) is 0 Å². The van der Waals surface area contributed by atoms with Crippen LogP contribution in [0.2, 0.25) is 0 Å². The molecule has 0 fully saturated rings. The minimum Gasteiger partial charge on any atom is -0.334 e. The lowest BCUT2D eigenvalue weighted by Crippen LogP contribution is -2.45. The highest BCUT2D eigenvalue weighted by Gasteiger charge is 2.34. The Morgan fingerprint density at radius 3 is 2.24 bits per heavy atom. The zero-order valence-electron chi connectivity index (χ0n) is 13.1. The number of imide groups is 1. The van der Waals surface area contributed by atoms with Gasteiger partial charge < -0.3 is 4.90 Å². The number of carbonyl (C=O) groups excluding carboxylic acids is 3. The highest BCUT2D eigenvalue weighted by atomic mass is 16.2. The summed E-state index contributed by atoms with van der Waals surface area (Å²) in [6, 6.07) is 4.69. The van der Waals surface area contributed by atoms with E-state index in [-0.39, 0.29) is 23.3 Å². The van der Waals surface area contributed by atoms with Gasteiger partial charge in [-0.15, -0.1) is 0 Å². The smallest absolute Gasteiger partial charge is 0.261 e. The molecule has 0 unspecified atom stereocenters. The van der Waals surface area contributed by atoms with Gasteiger partial charge in [0, 0.05) is 24.7 Å². The lowest BCUT2D eigenvalue weighted by Gasteiger charge is -2.35. The fourth-order valence-corrected chi connectivity index (χ4v) is 2.57. The molecule has 112 valence electrons. The first-order chi connectivity index (χ1) is 9.68. The van der Waals surface area contributed by atoms with Crippen molar-refractivity contribution in [2.75, 3.05) is 13.6 Å². The molecule has 0 saturated carbocycles. The Labute approximate surface area is 124 Å². The van der Waals surface area contributed by atoms with E-state index in [2.05, 4.69) is 0 Å². The summed E-state index contributed by atoms with van der Waals surface area (Å²) < 4.78 is 0. The van der Waals surface area contributed by atoms with E-state index in [1.165, 1.54) is 13.1 Å². The van der Waals surface area contributed by atoms with Crippen molar-refractivity contribution in [1.29, 1.82) is 0 Å². The Morgan fingerprint density at radius 1 is 1.14 bits per heavy atom. The normalized spacial score (nSPS) is 14.4. The minimum atomic E-state index is -0.358. The molecule has 1 aliphatic heterocycles. The van der Waals surface area contributed by atoms with Crippen molar-refractivity contribution in [2.24, 2.45) is 0 Å². The fraction of sp³-hybridized carbons (Fsp3) is 0.438. The molecule has 3 amide bonds. The van der Waals surface area contributed by atoms with Gasteiger partial charge in [0.2, 0.25) is 0 Å². The van der Waals surface area contributed by atoms with Crippen LogP contribution in [0, 0.1) is 0 Å². The predicted octanol–water partition coefficient (Wildman–Crippen LogP) is 2.17. The van der Waals surface area contributed by atoms with Gasteiger partial charge in [0.15, 0.2) is 0 Å². The van der Waals surface area contributed by atoms with Crippen molar-refractivity contribution in [3.05, 3.63) is 34.9 Å². The van der Waals surface area contributed by atoms with Crippen molar-refractivity contribution in [3.8, 4) is 0 Å². The van der Waals surface area contributed by atoms with Crippen LogP contribution in [0.3, 0.4) is 0 Å². The summed E-state index contributed by atoms with van der Waals surface area (Å²) in [6.07, 6.45) is 0. The number of hydrogen-bond acceptors (Lipinski definition) is 3. The van der Waals surface area contributed by atoms with E-state index in [0.717, 1.165) is 4.90 Å². The van der Waals surface area contributed by atoms with Gasteiger partial charge in [-0.2, -0.15) is 0 Å². The standard InChI is InChI=1S/C16H20N2O3/c1-6-18(16(2,3)4)13(19)10-7-8-11-12(9-10)15(21)17(5)14(11)20/h7-9H,6H2,1-5H3. The van der Waals surface area contributed by atoms with Crippen LogP contribution in [-0.4, -0.2) is 46.7 Å². The molecule has 1 aromatic rings. The number of nitrogens with zero attached hydrogens (tertiary/aromatic N) is 2. The molecule has 1 aliphatic rings. The predicted molar refractivity (Wildman–Crippen MR) is 79.3 cm³/mol. The Bertz CT molecular complexity index is 629. The summed E-state index contributed by atoms with van der Waals surface area (Å²) >= 11 is 0. The molecule has 0 saturated heterocycles. The third-order valence-corrected chi connectivity index (χ3v) is 3.71. The molecular formula is C16H20N2O3. The number of hydrogen-bond donors (Lipinski definition) is 0. The SMILES string of the molecule is CCN(C(=O)c1ccc2c(c1)C(=O)N(C)C2=O)C(C)(C)C.